The minimum absolute atomic E-state index is 0.162. The molecule has 1 aliphatic heterocycles. The second-order valence-corrected chi connectivity index (χ2v) is 6.72. The normalized spacial score (nSPS) is 14.7. The highest BCUT2D eigenvalue weighted by atomic mass is 16.5. The van der Waals surface area contributed by atoms with Gasteiger partial charge in [0.15, 0.2) is 0 Å². The van der Waals surface area contributed by atoms with Crippen LogP contribution in [0.1, 0.15) is 16.7 Å². The Bertz CT molecular complexity index is 839. The summed E-state index contributed by atoms with van der Waals surface area (Å²) in [6.45, 7) is 1.91. The molecule has 1 aliphatic rings. The third-order valence-electron chi connectivity index (χ3n) is 4.61. The highest BCUT2D eigenvalue weighted by molar-refractivity contribution is 6.10. The SMILES string of the molecule is COCCOC1COc2ccccc2C1.N=C(c1ccccc1)c1ccccc1. The standard InChI is InChI=1S/C13H11N.C12H16O3/c14-13(11-7-3-1-4-8-11)12-9-5-2-6-10-12;1-13-6-7-14-11-8-10-4-2-3-5-12(10)15-9-11/h1-10,14H;2-5,11H,6-9H2,1H3. The molecule has 1 unspecified atom stereocenters. The van der Waals surface area contributed by atoms with E-state index in [1.807, 2.05) is 78.9 Å². The first-order valence-corrected chi connectivity index (χ1v) is 9.78. The van der Waals surface area contributed by atoms with Gasteiger partial charge in [0.1, 0.15) is 12.4 Å². The van der Waals surface area contributed by atoms with Crippen LogP contribution in [0.2, 0.25) is 0 Å². The largest absolute Gasteiger partial charge is 0.491 e. The van der Waals surface area contributed by atoms with E-state index < -0.39 is 0 Å². The molecule has 0 amide bonds. The van der Waals surface area contributed by atoms with E-state index in [0.29, 0.717) is 25.5 Å². The molecule has 4 nitrogen and oxygen atoms in total. The van der Waals surface area contributed by atoms with Gasteiger partial charge >= 0.3 is 0 Å². The Morgan fingerprint density at radius 1 is 0.862 bits per heavy atom. The van der Waals surface area contributed by atoms with Crippen LogP contribution in [0.4, 0.5) is 0 Å². The lowest BCUT2D eigenvalue weighted by molar-refractivity contribution is -0.0119. The maximum absolute atomic E-state index is 7.97. The van der Waals surface area contributed by atoms with Crippen molar-refractivity contribution in [2.45, 2.75) is 12.5 Å². The maximum atomic E-state index is 7.97. The number of ether oxygens (including phenoxy) is 3. The number of para-hydroxylation sites is 1. The van der Waals surface area contributed by atoms with E-state index in [2.05, 4.69) is 6.07 Å². The topological polar surface area (TPSA) is 51.5 Å². The van der Waals surface area contributed by atoms with Gasteiger partial charge in [0, 0.05) is 13.5 Å². The summed E-state index contributed by atoms with van der Waals surface area (Å²) in [5, 5.41) is 7.97. The smallest absolute Gasteiger partial charge is 0.122 e. The van der Waals surface area contributed by atoms with Crippen molar-refractivity contribution in [1.29, 1.82) is 5.41 Å². The van der Waals surface area contributed by atoms with Crippen molar-refractivity contribution in [1.82, 2.24) is 0 Å². The lowest BCUT2D eigenvalue weighted by atomic mass is 10.0. The first-order chi connectivity index (χ1) is 14.3. The van der Waals surface area contributed by atoms with Crippen LogP contribution in [0.25, 0.3) is 0 Å². The molecule has 4 heteroatoms. The Kier molecular flexibility index (Phi) is 7.99. The molecule has 0 spiro atoms. The minimum Gasteiger partial charge on any atom is -0.491 e. The molecule has 3 aromatic rings. The average Bonchev–Trinajstić information content (AvgIpc) is 2.80. The third kappa shape index (κ3) is 6.28. The molecule has 0 radical (unpaired) electrons. The Morgan fingerprint density at radius 2 is 1.45 bits per heavy atom. The summed E-state index contributed by atoms with van der Waals surface area (Å²) in [6.07, 6.45) is 1.09. The molecular weight excluding hydrogens is 362 g/mol. The van der Waals surface area contributed by atoms with E-state index in [1.165, 1.54) is 5.56 Å². The molecule has 1 N–H and O–H groups in total. The second kappa shape index (κ2) is 11.1. The lowest BCUT2D eigenvalue weighted by Gasteiger charge is -2.25. The Balaban J connectivity index is 0.000000166. The van der Waals surface area contributed by atoms with E-state index in [-0.39, 0.29) is 6.10 Å². The van der Waals surface area contributed by atoms with Crippen molar-refractivity contribution >= 4 is 5.71 Å². The molecule has 0 saturated heterocycles. The van der Waals surface area contributed by atoms with Gasteiger partial charge in [-0.2, -0.15) is 0 Å². The summed E-state index contributed by atoms with van der Waals surface area (Å²) in [6, 6.07) is 27.6. The van der Waals surface area contributed by atoms with Crippen molar-refractivity contribution in [3.8, 4) is 5.75 Å². The first kappa shape index (κ1) is 20.8. The predicted octanol–water partition coefficient (Wildman–Crippen LogP) is 4.76. The minimum atomic E-state index is 0.162. The quantitative estimate of drug-likeness (QED) is 0.489. The summed E-state index contributed by atoms with van der Waals surface area (Å²) in [5.74, 6) is 0.990. The van der Waals surface area contributed by atoms with E-state index in [0.717, 1.165) is 23.3 Å². The van der Waals surface area contributed by atoms with Gasteiger partial charge in [-0.15, -0.1) is 0 Å². The van der Waals surface area contributed by atoms with Crippen LogP contribution >= 0.6 is 0 Å². The van der Waals surface area contributed by atoms with Crippen LogP contribution in [-0.4, -0.2) is 38.7 Å². The molecule has 1 heterocycles. The number of hydrogen-bond donors (Lipinski definition) is 1. The Labute approximate surface area is 172 Å². The number of rotatable bonds is 6. The van der Waals surface area contributed by atoms with Gasteiger partial charge in [-0.1, -0.05) is 78.9 Å². The molecule has 1 atom stereocenters. The summed E-state index contributed by atoms with van der Waals surface area (Å²) >= 11 is 0. The average molecular weight is 389 g/mol. The monoisotopic (exact) mass is 389 g/mol. The van der Waals surface area contributed by atoms with Crippen molar-refractivity contribution in [2.75, 3.05) is 26.9 Å². The fourth-order valence-electron chi connectivity index (χ4n) is 3.08. The molecular formula is C25H27NO3. The molecule has 0 saturated carbocycles. The molecule has 0 aromatic heterocycles. The molecule has 0 aliphatic carbocycles. The van der Waals surface area contributed by atoms with Gasteiger partial charge in [0.2, 0.25) is 0 Å². The van der Waals surface area contributed by atoms with Crippen LogP contribution < -0.4 is 4.74 Å². The van der Waals surface area contributed by atoms with Crippen LogP contribution in [0, 0.1) is 5.41 Å². The summed E-state index contributed by atoms with van der Waals surface area (Å²) in [7, 11) is 1.68. The summed E-state index contributed by atoms with van der Waals surface area (Å²) < 4.78 is 16.2. The third-order valence-corrected chi connectivity index (χ3v) is 4.61. The lowest BCUT2D eigenvalue weighted by Crippen LogP contribution is -2.29. The Morgan fingerprint density at radius 3 is 2.07 bits per heavy atom. The Hall–Kier alpha value is -2.95. The molecule has 150 valence electrons. The van der Waals surface area contributed by atoms with Gasteiger partial charge in [0.25, 0.3) is 0 Å². The highest BCUT2D eigenvalue weighted by Gasteiger charge is 2.19. The fraction of sp³-hybridized carbons (Fsp3) is 0.240. The highest BCUT2D eigenvalue weighted by Crippen LogP contribution is 2.24. The second-order valence-electron chi connectivity index (χ2n) is 6.72. The van der Waals surface area contributed by atoms with Gasteiger partial charge in [-0.3, -0.25) is 5.41 Å². The zero-order chi connectivity index (χ0) is 20.3. The molecule has 29 heavy (non-hydrogen) atoms. The predicted molar refractivity (Wildman–Crippen MR) is 116 cm³/mol. The van der Waals surface area contributed by atoms with E-state index in [1.54, 1.807) is 7.11 Å². The number of nitrogens with one attached hydrogen (secondary N) is 1. The van der Waals surface area contributed by atoms with Gasteiger partial charge in [-0.25, -0.2) is 0 Å². The first-order valence-electron chi connectivity index (χ1n) is 9.78. The van der Waals surface area contributed by atoms with Gasteiger partial charge in [0.05, 0.1) is 25.0 Å². The number of hydrogen-bond acceptors (Lipinski definition) is 4. The van der Waals surface area contributed by atoms with E-state index in [9.17, 15) is 0 Å². The van der Waals surface area contributed by atoms with Crippen molar-refractivity contribution < 1.29 is 14.2 Å². The van der Waals surface area contributed by atoms with Gasteiger partial charge in [-0.05, 0) is 22.8 Å². The summed E-state index contributed by atoms with van der Waals surface area (Å²) in [5.41, 5.74) is 3.72. The zero-order valence-corrected chi connectivity index (χ0v) is 16.7. The van der Waals surface area contributed by atoms with E-state index >= 15 is 0 Å². The van der Waals surface area contributed by atoms with Crippen LogP contribution in [0.3, 0.4) is 0 Å². The van der Waals surface area contributed by atoms with Crippen molar-refractivity contribution in [3.63, 3.8) is 0 Å². The zero-order valence-electron chi connectivity index (χ0n) is 16.7. The molecule has 0 fully saturated rings. The number of benzene rings is 3. The van der Waals surface area contributed by atoms with Crippen LogP contribution in [0.15, 0.2) is 84.9 Å². The van der Waals surface area contributed by atoms with E-state index in [4.69, 9.17) is 19.6 Å². The molecule has 0 bridgehead atoms. The van der Waals surface area contributed by atoms with Crippen molar-refractivity contribution in [2.24, 2.45) is 0 Å². The van der Waals surface area contributed by atoms with Crippen LogP contribution in [0.5, 0.6) is 5.75 Å². The van der Waals surface area contributed by atoms with Crippen LogP contribution in [-0.2, 0) is 15.9 Å². The molecule has 4 rings (SSSR count). The van der Waals surface area contributed by atoms with Gasteiger partial charge < -0.3 is 14.2 Å². The van der Waals surface area contributed by atoms with Crippen molar-refractivity contribution in [3.05, 3.63) is 102 Å². The number of methoxy groups -OCH3 is 1. The number of fused-ring (bicyclic) bond motifs is 1. The maximum Gasteiger partial charge on any atom is 0.122 e. The summed E-state index contributed by atoms with van der Waals surface area (Å²) in [4.78, 5) is 0. The molecule has 3 aromatic carbocycles. The fourth-order valence-corrected chi connectivity index (χ4v) is 3.08.